The Morgan fingerprint density at radius 2 is 2.24 bits per heavy atom. The fraction of sp³-hybridized carbons (Fsp3) is 0.364. The smallest absolute Gasteiger partial charge is 0.255 e. The maximum atomic E-state index is 13.2. The lowest BCUT2D eigenvalue weighted by Crippen LogP contribution is -2.29. The summed E-state index contributed by atoms with van der Waals surface area (Å²) in [7, 11) is 0. The van der Waals surface area contributed by atoms with E-state index in [1.165, 1.54) is 11.0 Å². The molecule has 2 nitrogen and oxygen atoms in total. The monoisotopic (exact) mass is 371 g/mol. The van der Waals surface area contributed by atoms with Crippen LogP contribution in [0.5, 0.6) is 0 Å². The highest BCUT2D eigenvalue weighted by molar-refractivity contribution is 14.1. The molecule has 17 heavy (non-hydrogen) atoms. The van der Waals surface area contributed by atoms with E-state index in [0.29, 0.717) is 16.5 Å². The SMILES string of the molecule is O=C(c1cc(I)c(F)cc1Cl)N1CC[C@@H](F)C1. The van der Waals surface area contributed by atoms with Gasteiger partial charge in [0.1, 0.15) is 12.0 Å². The van der Waals surface area contributed by atoms with Crippen molar-refractivity contribution in [1.29, 1.82) is 0 Å². The molecule has 1 atom stereocenters. The minimum absolute atomic E-state index is 0.0650. The second-order valence-electron chi connectivity index (χ2n) is 3.88. The van der Waals surface area contributed by atoms with Gasteiger partial charge in [-0.2, -0.15) is 0 Å². The summed E-state index contributed by atoms with van der Waals surface area (Å²) in [6, 6.07) is 2.51. The van der Waals surface area contributed by atoms with Gasteiger partial charge >= 0.3 is 0 Å². The quantitative estimate of drug-likeness (QED) is 0.548. The summed E-state index contributed by atoms with van der Waals surface area (Å²) in [4.78, 5) is 13.4. The molecule has 2 rings (SSSR count). The van der Waals surface area contributed by atoms with E-state index < -0.39 is 12.0 Å². The van der Waals surface area contributed by atoms with Crippen LogP contribution in [0.4, 0.5) is 8.78 Å². The predicted octanol–water partition coefficient (Wildman–Crippen LogP) is 3.27. The van der Waals surface area contributed by atoms with E-state index in [9.17, 15) is 13.6 Å². The molecule has 1 heterocycles. The molecule has 1 aromatic rings. The number of carbonyl (C=O) groups excluding carboxylic acids is 1. The van der Waals surface area contributed by atoms with Gasteiger partial charge in [-0.15, -0.1) is 0 Å². The number of halogens is 4. The normalized spacial score (nSPS) is 19.8. The summed E-state index contributed by atoms with van der Waals surface area (Å²) in [5.41, 5.74) is 0.228. The van der Waals surface area contributed by atoms with Crippen LogP contribution in [-0.2, 0) is 0 Å². The van der Waals surface area contributed by atoms with Gasteiger partial charge in [-0.25, -0.2) is 8.78 Å². The topological polar surface area (TPSA) is 20.3 Å². The maximum Gasteiger partial charge on any atom is 0.255 e. The molecule has 0 saturated carbocycles. The highest BCUT2D eigenvalue weighted by Gasteiger charge is 2.28. The molecular weight excluding hydrogens is 362 g/mol. The summed E-state index contributed by atoms with van der Waals surface area (Å²) in [5.74, 6) is -0.801. The zero-order valence-electron chi connectivity index (χ0n) is 8.72. The Morgan fingerprint density at radius 1 is 1.53 bits per heavy atom. The Labute approximate surface area is 116 Å². The number of likely N-dealkylation sites (tertiary alicyclic amines) is 1. The van der Waals surface area contributed by atoms with E-state index in [1.54, 1.807) is 22.6 Å². The Morgan fingerprint density at radius 3 is 2.82 bits per heavy atom. The second-order valence-corrected chi connectivity index (χ2v) is 5.45. The van der Waals surface area contributed by atoms with Crippen LogP contribution in [0.3, 0.4) is 0 Å². The van der Waals surface area contributed by atoms with Crippen LogP contribution >= 0.6 is 34.2 Å². The van der Waals surface area contributed by atoms with E-state index in [1.807, 2.05) is 0 Å². The van der Waals surface area contributed by atoms with Gasteiger partial charge in [0.05, 0.1) is 17.1 Å². The molecule has 0 aromatic heterocycles. The van der Waals surface area contributed by atoms with Crippen molar-refractivity contribution in [1.82, 2.24) is 4.90 Å². The average Bonchev–Trinajstić information content (AvgIpc) is 2.69. The Balaban J connectivity index is 2.28. The number of hydrogen-bond acceptors (Lipinski definition) is 1. The van der Waals surface area contributed by atoms with Crippen LogP contribution in [0.1, 0.15) is 16.8 Å². The summed E-state index contributed by atoms with van der Waals surface area (Å²) < 4.78 is 26.5. The predicted molar refractivity (Wildman–Crippen MR) is 69.5 cm³/mol. The van der Waals surface area contributed by atoms with Crippen molar-refractivity contribution in [3.63, 3.8) is 0 Å². The molecule has 1 fully saturated rings. The molecule has 0 radical (unpaired) electrons. The third-order valence-corrected chi connectivity index (χ3v) is 3.80. The van der Waals surface area contributed by atoms with Crippen molar-refractivity contribution in [2.24, 2.45) is 0 Å². The molecule has 0 spiro atoms. The van der Waals surface area contributed by atoms with E-state index in [-0.39, 0.29) is 23.0 Å². The van der Waals surface area contributed by atoms with Gasteiger partial charge in [0.2, 0.25) is 0 Å². The molecule has 0 N–H and O–H groups in total. The molecule has 92 valence electrons. The van der Waals surface area contributed by atoms with Gasteiger partial charge in [-0.3, -0.25) is 4.79 Å². The van der Waals surface area contributed by atoms with E-state index in [4.69, 9.17) is 11.6 Å². The lowest BCUT2D eigenvalue weighted by atomic mass is 10.2. The van der Waals surface area contributed by atoms with Crippen molar-refractivity contribution in [3.8, 4) is 0 Å². The van der Waals surface area contributed by atoms with Gasteiger partial charge in [0.25, 0.3) is 5.91 Å². The van der Waals surface area contributed by atoms with Crippen LogP contribution in [-0.4, -0.2) is 30.1 Å². The average molecular weight is 372 g/mol. The Bertz CT molecular complexity index is 469. The number of alkyl halides is 1. The first-order valence-corrected chi connectivity index (χ1v) is 6.52. The third-order valence-electron chi connectivity index (χ3n) is 2.66. The van der Waals surface area contributed by atoms with Crippen LogP contribution in [0.15, 0.2) is 12.1 Å². The van der Waals surface area contributed by atoms with E-state index in [2.05, 4.69) is 0 Å². The molecule has 1 aromatic carbocycles. The molecule has 1 aliphatic rings. The number of rotatable bonds is 1. The fourth-order valence-electron chi connectivity index (χ4n) is 1.76. The van der Waals surface area contributed by atoms with Crippen molar-refractivity contribution >= 4 is 40.1 Å². The zero-order valence-corrected chi connectivity index (χ0v) is 11.6. The largest absolute Gasteiger partial charge is 0.336 e. The first-order valence-electron chi connectivity index (χ1n) is 5.07. The second kappa shape index (κ2) is 5.06. The number of amides is 1. The molecule has 6 heteroatoms. The molecular formula is C11H9ClF2INO. The third kappa shape index (κ3) is 2.70. The standard InChI is InChI=1S/C11H9ClF2INO/c12-8-4-9(14)10(15)3-7(8)11(17)16-2-1-6(13)5-16/h3-4,6H,1-2,5H2/t6-/m1/s1. The Hall–Kier alpha value is -0.430. The fourth-order valence-corrected chi connectivity index (χ4v) is 2.46. The zero-order chi connectivity index (χ0) is 12.6. The summed E-state index contributed by atoms with van der Waals surface area (Å²) >= 11 is 7.62. The Kier molecular flexibility index (Phi) is 3.87. The molecule has 1 aliphatic heterocycles. The van der Waals surface area contributed by atoms with Crippen LogP contribution < -0.4 is 0 Å². The number of nitrogens with zero attached hydrogens (tertiary/aromatic N) is 1. The van der Waals surface area contributed by atoms with Crippen molar-refractivity contribution in [3.05, 3.63) is 32.1 Å². The van der Waals surface area contributed by atoms with Gasteiger partial charge < -0.3 is 4.90 Å². The van der Waals surface area contributed by atoms with Crippen LogP contribution in [0.2, 0.25) is 5.02 Å². The summed E-state index contributed by atoms with van der Waals surface area (Å²) in [5, 5.41) is 0.0650. The molecule has 1 saturated heterocycles. The number of carbonyl (C=O) groups is 1. The van der Waals surface area contributed by atoms with Crippen molar-refractivity contribution < 1.29 is 13.6 Å². The highest BCUT2D eigenvalue weighted by Crippen LogP contribution is 2.25. The van der Waals surface area contributed by atoms with Crippen molar-refractivity contribution in [2.75, 3.05) is 13.1 Å². The van der Waals surface area contributed by atoms with Gasteiger partial charge in [-0.1, -0.05) is 11.6 Å². The minimum Gasteiger partial charge on any atom is -0.336 e. The first kappa shape index (κ1) is 13.0. The summed E-state index contributed by atoms with van der Waals surface area (Å²) in [6.45, 7) is 0.466. The van der Waals surface area contributed by atoms with Crippen molar-refractivity contribution in [2.45, 2.75) is 12.6 Å². The first-order chi connectivity index (χ1) is 7.99. The maximum absolute atomic E-state index is 13.2. The highest BCUT2D eigenvalue weighted by atomic mass is 127. The van der Waals surface area contributed by atoms with Gasteiger partial charge in [-0.05, 0) is 41.1 Å². The minimum atomic E-state index is -0.975. The summed E-state index contributed by atoms with van der Waals surface area (Å²) in [6.07, 6.45) is -0.626. The van der Waals surface area contributed by atoms with E-state index in [0.717, 1.165) is 6.07 Å². The van der Waals surface area contributed by atoms with E-state index >= 15 is 0 Å². The molecule has 0 unspecified atom stereocenters. The lowest BCUT2D eigenvalue weighted by molar-refractivity contribution is 0.0783. The van der Waals surface area contributed by atoms with Crippen LogP contribution in [0.25, 0.3) is 0 Å². The van der Waals surface area contributed by atoms with Gasteiger partial charge in [0, 0.05) is 10.1 Å². The number of hydrogen-bond donors (Lipinski definition) is 0. The molecule has 0 aliphatic carbocycles. The lowest BCUT2D eigenvalue weighted by Gasteiger charge is -2.16. The molecule has 0 bridgehead atoms. The molecule has 1 amide bonds. The van der Waals surface area contributed by atoms with Gasteiger partial charge in [0.15, 0.2) is 0 Å². The van der Waals surface area contributed by atoms with Crippen LogP contribution in [0, 0.1) is 9.39 Å². The number of benzene rings is 1.